The molecule has 0 unspecified atom stereocenters. The lowest BCUT2D eigenvalue weighted by atomic mass is 10.2. The number of ketones is 1. The van der Waals surface area contributed by atoms with E-state index in [1.54, 1.807) is 22.1 Å². The first kappa shape index (κ1) is 13.3. The lowest BCUT2D eigenvalue weighted by Crippen LogP contribution is -2.50. The number of hydrogen-bond donors (Lipinski definition) is 1. The van der Waals surface area contributed by atoms with E-state index in [4.69, 9.17) is 0 Å². The summed E-state index contributed by atoms with van der Waals surface area (Å²) in [6, 6.07) is 1.57. The zero-order valence-electron chi connectivity index (χ0n) is 11.1. The van der Waals surface area contributed by atoms with Crippen molar-refractivity contribution in [2.45, 2.75) is 13.8 Å². The van der Waals surface area contributed by atoms with Gasteiger partial charge in [-0.2, -0.15) is 0 Å². The summed E-state index contributed by atoms with van der Waals surface area (Å²) in [5.74, 6) is -0.168. The highest BCUT2D eigenvalue weighted by Gasteiger charge is 2.24. The monoisotopic (exact) mass is 263 g/mol. The molecule has 6 heteroatoms. The van der Waals surface area contributed by atoms with Crippen LogP contribution in [0.15, 0.2) is 12.3 Å². The lowest BCUT2D eigenvalue weighted by molar-refractivity contribution is -0.130. The van der Waals surface area contributed by atoms with Crippen LogP contribution in [0.25, 0.3) is 0 Å². The van der Waals surface area contributed by atoms with Gasteiger partial charge in [0, 0.05) is 44.9 Å². The molecular formula is C13H17N3O3. The summed E-state index contributed by atoms with van der Waals surface area (Å²) in [5.41, 5.74) is 0.923. The Morgan fingerprint density at radius 3 is 2.11 bits per heavy atom. The van der Waals surface area contributed by atoms with Crippen LogP contribution in [-0.4, -0.2) is 58.6 Å². The number of hydrogen-bond acceptors (Lipinski definition) is 3. The predicted octanol–water partition coefficient (Wildman–Crippen LogP) is 0.522. The number of piperazine rings is 1. The van der Waals surface area contributed by atoms with Crippen molar-refractivity contribution in [1.29, 1.82) is 0 Å². The van der Waals surface area contributed by atoms with Gasteiger partial charge in [-0.1, -0.05) is 0 Å². The number of aromatic nitrogens is 1. The van der Waals surface area contributed by atoms with Crippen LogP contribution in [0, 0.1) is 0 Å². The summed E-state index contributed by atoms with van der Waals surface area (Å²) in [5, 5.41) is 0. The molecule has 0 saturated carbocycles. The first-order valence-corrected chi connectivity index (χ1v) is 6.23. The van der Waals surface area contributed by atoms with Gasteiger partial charge in [0.05, 0.1) is 0 Å². The van der Waals surface area contributed by atoms with Crippen molar-refractivity contribution >= 4 is 17.6 Å². The molecule has 19 heavy (non-hydrogen) atoms. The topological polar surface area (TPSA) is 73.5 Å². The van der Waals surface area contributed by atoms with Crippen molar-refractivity contribution in [1.82, 2.24) is 14.8 Å². The van der Waals surface area contributed by atoms with Gasteiger partial charge in [-0.15, -0.1) is 0 Å². The smallest absolute Gasteiger partial charge is 0.270 e. The van der Waals surface area contributed by atoms with Crippen molar-refractivity contribution in [3.05, 3.63) is 23.5 Å². The predicted molar refractivity (Wildman–Crippen MR) is 69.0 cm³/mol. The van der Waals surface area contributed by atoms with Crippen molar-refractivity contribution in [3.63, 3.8) is 0 Å². The van der Waals surface area contributed by atoms with Gasteiger partial charge < -0.3 is 14.8 Å². The molecular weight excluding hydrogens is 246 g/mol. The van der Waals surface area contributed by atoms with Gasteiger partial charge in [-0.3, -0.25) is 14.4 Å². The molecule has 0 radical (unpaired) electrons. The Labute approximate surface area is 111 Å². The fourth-order valence-corrected chi connectivity index (χ4v) is 2.12. The highest BCUT2D eigenvalue weighted by Crippen LogP contribution is 2.10. The Kier molecular flexibility index (Phi) is 3.69. The maximum Gasteiger partial charge on any atom is 0.270 e. The first-order chi connectivity index (χ1) is 8.99. The SMILES string of the molecule is CC(=O)c1c[nH]c(C(=O)N2CCN(C(C)=O)CC2)c1. The number of H-pyrrole nitrogens is 1. The van der Waals surface area contributed by atoms with E-state index in [1.165, 1.54) is 13.8 Å². The minimum absolute atomic E-state index is 0.0332. The third-order valence-electron chi connectivity index (χ3n) is 3.33. The molecule has 1 aromatic heterocycles. The molecule has 1 aliphatic heterocycles. The molecule has 1 N–H and O–H groups in total. The van der Waals surface area contributed by atoms with Gasteiger partial charge in [0.1, 0.15) is 5.69 Å². The molecule has 1 aromatic rings. The standard InChI is InChI=1S/C13H17N3O3/c1-9(17)11-7-12(14-8-11)13(19)16-5-3-15(4-6-16)10(2)18/h7-8,14H,3-6H2,1-2H3. The van der Waals surface area contributed by atoms with Crippen LogP contribution >= 0.6 is 0 Å². The summed E-state index contributed by atoms with van der Waals surface area (Å²) in [6.07, 6.45) is 1.54. The summed E-state index contributed by atoms with van der Waals surface area (Å²) in [6.45, 7) is 5.15. The number of amides is 2. The molecule has 102 valence electrons. The van der Waals surface area contributed by atoms with E-state index >= 15 is 0 Å². The second-order valence-corrected chi connectivity index (χ2v) is 4.66. The van der Waals surface area contributed by atoms with Crippen molar-refractivity contribution in [2.24, 2.45) is 0 Å². The highest BCUT2D eigenvalue weighted by atomic mass is 16.2. The fourth-order valence-electron chi connectivity index (χ4n) is 2.12. The van der Waals surface area contributed by atoms with Crippen molar-refractivity contribution in [2.75, 3.05) is 26.2 Å². The Hall–Kier alpha value is -2.11. The van der Waals surface area contributed by atoms with E-state index in [9.17, 15) is 14.4 Å². The van der Waals surface area contributed by atoms with Gasteiger partial charge in [0.2, 0.25) is 5.91 Å². The molecule has 1 aliphatic rings. The van der Waals surface area contributed by atoms with Crippen LogP contribution in [0.2, 0.25) is 0 Å². The summed E-state index contributed by atoms with van der Waals surface area (Å²) in [4.78, 5) is 40.8. The molecule has 2 amide bonds. The van der Waals surface area contributed by atoms with E-state index in [-0.39, 0.29) is 17.6 Å². The van der Waals surface area contributed by atoms with Crippen LogP contribution in [-0.2, 0) is 4.79 Å². The zero-order valence-corrected chi connectivity index (χ0v) is 11.1. The largest absolute Gasteiger partial charge is 0.356 e. The number of Topliss-reactive ketones (excluding diaryl/α,β-unsaturated/α-hetero) is 1. The third kappa shape index (κ3) is 2.83. The summed E-state index contributed by atoms with van der Waals surface area (Å²) >= 11 is 0. The van der Waals surface area contributed by atoms with E-state index in [0.717, 1.165) is 0 Å². The minimum Gasteiger partial charge on any atom is -0.356 e. The molecule has 0 bridgehead atoms. The van der Waals surface area contributed by atoms with E-state index in [0.29, 0.717) is 37.4 Å². The number of nitrogens with zero attached hydrogens (tertiary/aromatic N) is 2. The van der Waals surface area contributed by atoms with Gasteiger partial charge in [-0.25, -0.2) is 0 Å². The summed E-state index contributed by atoms with van der Waals surface area (Å²) in [7, 11) is 0. The Bertz CT molecular complexity index is 513. The van der Waals surface area contributed by atoms with Gasteiger partial charge >= 0.3 is 0 Å². The lowest BCUT2D eigenvalue weighted by Gasteiger charge is -2.33. The quantitative estimate of drug-likeness (QED) is 0.791. The maximum atomic E-state index is 12.2. The second-order valence-electron chi connectivity index (χ2n) is 4.66. The molecule has 0 aromatic carbocycles. The van der Waals surface area contributed by atoms with Crippen LogP contribution in [0.5, 0.6) is 0 Å². The van der Waals surface area contributed by atoms with Crippen LogP contribution in [0.1, 0.15) is 34.7 Å². The first-order valence-electron chi connectivity index (χ1n) is 6.23. The minimum atomic E-state index is -0.129. The summed E-state index contributed by atoms with van der Waals surface area (Å²) < 4.78 is 0. The zero-order chi connectivity index (χ0) is 14.0. The van der Waals surface area contributed by atoms with Crippen LogP contribution in [0.4, 0.5) is 0 Å². The number of rotatable bonds is 2. The van der Waals surface area contributed by atoms with Crippen molar-refractivity contribution in [3.8, 4) is 0 Å². The third-order valence-corrected chi connectivity index (χ3v) is 3.33. The Morgan fingerprint density at radius 2 is 1.63 bits per heavy atom. The van der Waals surface area contributed by atoms with Crippen LogP contribution < -0.4 is 0 Å². The van der Waals surface area contributed by atoms with Gasteiger partial charge in [0.25, 0.3) is 5.91 Å². The van der Waals surface area contributed by atoms with Crippen LogP contribution in [0.3, 0.4) is 0 Å². The molecule has 0 spiro atoms. The number of nitrogens with one attached hydrogen (secondary N) is 1. The molecule has 1 saturated heterocycles. The van der Waals surface area contributed by atoms with Crippen molar-refractivity contribution < 1.29 is 14.4 Å². The number of carbonyl (C=O) groups is 3. The second kappa shape index (κ2) is 5.26. The van der Waals surface area contributed by atoms with E-state index in [1.807, 2.05) is 0 Å². The van der Waals surface area contributed by atoms with E-state index in [2.05, 4.69) is 4.98 Å². The highest BCUT2D eigenvalue weighted by molar-refractivity contribution is 5.99. The number of carbonyl (C=O) groups excluding carboxylic acids is 3. The number of aromatic amines is 1. The Morgan fingerprint density at radius 1 is 1.05 bits per heavy atom. The normalized spacial score (nSPS) is 15.5. The average molecular weight is 263 g/mol. The molecule has 0 atom stereocenters. The Balaban J connectivity index is 2.01. The van der Waals surface area contributed by atoms with Gasteiger partial charge in [0.15, 0.2) is 5.78 Å². The molecule has 2 heterocycles. The average Bonchev–Trinajstić information content (AvgIpc) is 2.87. The fraction of sp³-hybridized carbons (Fsp3) is 0.462. The molecule has 2 rings (SSSR count). The molecule has 0 aliphatic carbocycles. The van der Waals surface area contributed by atoms with Gasteiger partial charge in [-0.05, 0) is 13.0 Å². The molecule has 1 fully saturated rings. The maximum absolute atomic E-state index is 12.2. The molecule has 6 nitrogen and oxygen atoms in total. The van der Waals surface area contributed by atoms with E-state index < -0.39 is 0 Å².